The summed E-state index contributed by atoms with van der Waals surface area (Å²) in [4.78, 5) is 40.9. The maximum Gasteiger partial charge on any atom is 0.256 e. The zero-order valence-electron chi connectivity index (χ0n) is 23.9. The molecule has 10 nitrogen and oxygen atoms in total. The van der Waals surface area contributed by atoms with Crippen LogP contribution in [0.4, 0.5) is 11.5 Å². The van der Waals surface area contributed by atoms with E-state index in [9.17, 15) is 19.5 Å². The molecule has 3 amide bonds. The molecule has 2 saturated carbocycles. The van der Waals surface area contributed by atoms with Crippen molar-refractivity contribution in [1.29, 1.82) is 0 Å². The second-order valence-corrected chi connectivity index (χ2v) is 12.6. The topological polar surface area (TPSA) is 137 Å². The molecule has 1 aromatic heterocycles. The molecule has 5 N–H and O–H groups in total. The number of anilines is 2. The average molecular weight is 591 g/mol. The van der Waals surface area contributed by atoms with Gasteiger partial charge in [0.15, 0.2) is 11.9 Å². The Morgan fingerprint density at radius 2 is 1.67 bits per heavy atom. The van der Waals surface area contributed by atoms with Crippen LogP contribution in [-0.4, -0.2) is 50.3 Å². The van der Waals surface area contributed by atoms with Gasteiger partial charge in [0, 0.05) is 35.5 Å². The van der Waals surface area contributed by atoms with E-state index in [-0.39, 0.29) is 11.3 Å². The zero-order valence-corrected chi connectivity index (χ0v) is 24.7. The van der Waals surface area contributed by atoms with E-state index < -0.39 is 29.5 Å². The molecule has 0 saturated heterocycles. The number of aromatic nitrogens is 2. The summed E-state index contributed by atoms with van der Waals surface area (Å²) in [6.07, 6.45) is 5.44. The second kappa shape index (κ2) is 12.6. The summed E-state index contributed by atoms with van der Waals surface area (Å²) in [5.41, 5.74) is 0.138. The Morgan fingerprint density at radius 1 is 0.976 bits per heavy atom. The summed E-state index contributed by atoms with van der Waals surface area (Å²) >= 11 is 1.48. The van der Waals surface area contributed by atoms with Gasteiger partial charge in [-0.2, -0.15) is 5.10 Å². The van der Waals surface area contributed by atoms with E-state index in [1.807, 2.05) is 42.5 Å². The zero-order chi connectivity index (χ0) is 29.7. The number of rotatable bonds is 12. The number of aliphatic hydroxyl groups is 1. The molecule has 222 valence electrons. The first-order valence-electron chi connectivity index (χ1n) is 14.3. The number of hydrogen-bond acceptors (Lipinski definition) is 7. The molecular formula is C31H38N6O4S. The highest BCUT2D eigenvalue weighted by atomic mass is 32.2. The monoisotopic (exact) mass is 590 g/mol. The molecule has 2 aliphatic carbocycles. The van der Waals surface area contributed by atoms with Crippen LogP contribution in [0.2, 0.25) is 0 Å². The minimum atomic E-state index is -1.46. The molecule has 3 aromatic rings. The molecule has 5 rings (SSSR count). The van der Waals surface area contributed by atoms with Crippen LogP contribution in [0.15, 0.2) is 71.8 Å². The predicted molar refractivity (Wildman–Crippen MR) is 163 cm³/mol. The minimum Gasteiger partial charge on any atom is -0.381 e. The van der Waals surface area contributed by atoms with Gasteiger partial charge >= 0.3 is 0 Å². The lowest BCUT2D eigenvalue weighted by Gasteiger charge is -2.46. The Morgan fingerprint density at radius 3 is 2.24 bits per heavy atom. The SMILES string of the molecule is Cn1ccc(NC(=O)C(O)C2(NC(=O)C(CC3(C)CCC3)NC(=O)c3ccc(NSc4ccccc4)cc3)CCC2)n1. The Labute approximate surface area is 250 Å². The average Bonchev–Trinajstić information content (AvgIpc) is 3.37. The van der Waals surface area contributed by atoms with Crippen molar-refractivity contribution in [1.82, 2.24) is 20.4 Å². The second-order valence-electron chi connectivity index (χ2n) is 11.8. The summed E-state index contributed by atoms with van der Waals surface area (Å²) in [5.74, 6) is -1.04. The first kappa shape index (κ1) is 29.7. The molecule has 1 heterocycles. The van der Waals surface area contributed by atoms with Crippen molar-refractivity contribution in [2.45, 2.75) is 74.4 Å². The maximum absolute atomic E-state index is 13.7. The standard InChI is InChI=1S/C31H38N6O4S/c1-30(15-6-16-30)20-24(32-27(39)21-10-12-22(13-11-21)36-42-23-8-4-3-5-9-23)28(40)34-31(17-7-18-31)26(38)29(41)33-25-14-19-37(2)35-25/h3-5,8-14,19,24,26,36,38H,6-7,15-18,20H2,1-2H3,(H,32,39)(H,34,40)(H,33,35,41). The fourth-order valence-corrected chi connectivity index (χ4v) is 6.17. The van der Waals surface area contributed by atoms with Gasteiger partial charge in [0.1, 0.15) is 6.04 Å². The molecule has 2 aromatic carbocycles. The fourth-order valence-electron chi connectivity index (χ4n) is 5.51. The van der Waals surface area contributed by atoms with E-state index in [4.69, 9.17) is 0 Å². The molecule has 0 spiro atoms. The van der Waals surface area contributed by atoms with Crippen LogP contribution in [0.1, 0.15) is 62.2 Å². The van der Waals surface area contributed by atoms with Gasteiger partial charge in [0.2, 0.25) is 5.91 Å². The highest BCUT2D eigenvalue weighted by Gasteiger charge is 2.49. The van der Waals surface area contributed by atoms with E-state index >= 15 is 0 Å². The molecule has 11 heteroatoms. The first-order valence-corrected chi connectivity index (χ1v) is 15.2. The van der Waals surface area contributed by atoms with Crippen molar-refractivity contribution in [3.63, 3.8) is 0 Å². The first-order chi connectivity index (χ1) is 20.1. The van der Waals surface area contributed by atoms with Crippen LogP contribution in [-0.2, 0) is 16.6 Å². The third-order valence-electron chi connectivity index (χ3n) is 8.41. The van der Waals surface area contributed by atoms with Crippen LogP contribution in [0.5, 0.6) is 0 Å². The lowest BCUT2D eigenvalue weighted by atomic mass is 9.66. The molecule has 2 unspecified atom stereocenters. The number of aliphatic hydroxyl groups excluding tert-OH is 1. The van der Waals surface area contributed by atoms with Gasteiger partial charge < -0.3 is 25.8 Å². The Kier molecular flexibility index (Phi) is 8.88. The van der Waals surface area contributed by atoms with Crippen molar-refractivity contribution in [2.75, 3.05) is 10.0 Å². The highest BCUT2D eigenvalue weighted by molar-refractivity contribution is 8.00. The van der Waals surface area contributed by atoms with E-state index in [0.29, 0.717) is 30.6 Å². The molecule has 0 aliphatic heterocycles. The normalized spacial score (nSPS) is 18.0. The molecule has 2 fully saturated rings. The van der Waals surface area contributed by atoms with Crippen LogP contribution >= 0.6 is 11.9 Å². The van der Waals surface area contributed by atoms with Crippen molar-refractivity contribution < 1.29 is 19.5 Å². The smallest absolute Gasteiger partial charge is 0.256 e. The van der Waals surface area contributed by atoms with Crippen LogP contribution in [0, 0.1) is 5.41 Å². The summed E-state index contributed by atoms with van der Waals surface area (Å²) in [6, 6.07) is 17.8. The Balaban J connectivity index is 1.24. The van der Waals surface area contributed by atoms with Crippen molar-refractivity contribution in [3.8, 4) is 0 Å². The summed E-state index contributed by atoms with van der Waals surface area (Å²) < 4.78 is 4.81. The lowest BCUT2D eigenvalue weighted by Crippen LogP contribution is -2.67. The summed E-state index contributed by atoms with van der Waals surface area (Å²) in [5, 5.41) is 23.7. The van der Waals surface area contributed by atoms with Gasteiger partial charge in [0.25, 0.3) is 11.8 Å². The third-order valence-corrected chi connectivity index (χ3v) is 9.26. The van der Waals surface area contributed by atoms with Gasteiger partial charge in [-0.3, -0.25) is 19.1 Å². The molecular weight excluding hydrogens is 552 g/mol. The Hall–Kier alpha value is -3.83. The predicted octanol–water partition coefficient (Wildman–Crippen LogP) is 4.26. The van der Waals surface area contributed by atoms with Crippen molar-refractivity contribution >= 4 is 41.2 Å². The van der Waals surface area contributed by atoms with E-state index in [2.05, 4.69) is 32.7 Å². The number of nitrogens with one attached hydrogen (secondary N) is 4. The Bertz CT molecular complexity index is 1400. The van der Waals surface area contributed by atoms with Crippen molar-refractivity contribution in [3.05, 3.63) is 72.4 Å². The molecule has 0 bridgehead atoms. The number of aryl methyl sites for hydroxylation is 1. The number of amides is 3. The van der Waals surface area contributed by atoms with Gasteiger partial charge in [-0.15, -0.1) is 0 Å². The fraction of sp³-hybridized carbons (Fsp3) is 0.419. The molecule has 2 atom stereocenters. The largest absolute Gasteiger partial charge is 0.381 e. The number of benzene rings is 2. The quantitative estimate of drug-likeness (QED) is 0.199. The maximum atomic E-state index is 13.7. The number of hydrogen-bond donors (Lipinski definition) is 5. The van der Waals surface area contributed by atoms with Gasteiger partial charge in [-0.1, -0.05) is 31.5 Å². The number of carbonyl (C=O) groups excluding carboxylic acids is 3. The number of carbonyl (C=O) groups is 3. The minimum absolute atomic E-state index is 0.0561. The highest BCUT2D eigenvalue weighted by Crippen LogP contribution is 2.44. The van der Waals surface area contributed by atoms with Crippen LogP contribution < -0.4 is 20.7 Å². The molecule has 42 heavy (non-hydrogen) atoms. The van der Waals surface area contributed by atoms with Crippen LogP contribution in [0.3, 0.4) is 0 Å². The van der Waals surface area contributed by atoms with Gasteiger partial charge in [-0.25, -0.2) is 0 Å². The molecule has 0 radical (unpaired) electrons. The van der Waals surface area contributed by atoms with Gasteiger partial charge in [0.05, 0.1) is 5.54 Å². The molecule has 2 aliphatic rings. The summed E-state index contributed by atoms with van der Waals surface area (Å²) in [6.45, 7) is 2.13. The van der Waals surface area contributed by atoms with Crippen LogP contribution in [0.25, 0.3) is 0 Å². The van der Waals surface area contributed by atoms with E-state index in [1.54, 1.807) is 36.1 Å². The van der Waals surface area contributed by atoms with E-state index in [0.717, 1.165) is 36.3 Å². The van der Waals surface area contributed by atoms with Gasteiger partial charge in [-0.05, 0) is 92.3 Å². The third kappa shape index (κ3) is 6.96. The summed E-state index contributed by atoms with van der Waals surface area (Å²) in [7, 11) is 1.73. The van der Waals surface area contributed by atoms with Crippen molar-refractivity contribution in [2.24, 2.45) is 12.5 Å². The van der Waals surface area contributed by atoms with E-state index in [1.165, 1.54) is 11.9 Å². The number of nitrogens with zero attached hydrogens (tertiary/aromatic N) is 2. The lowest BCUT2D eigenvalue weighted by molar-refractivity contribution is -0.137.